The molecule has 16 heavy (non-hydrogen) atoms. The minimum atomic E-state index is 0.548. The number of anilines is 1. The van der Waals surface area contributed by atoms with Gasteiger partial charge >= 0.3 is 0 Å². The average Bonchev–Trinajstić information content (AvgIpc) is 2.66. The molecule has 2 rings (SSSR count). The zero-order valence-corrected chi connectivity index (χ0v) is 10.3. The second-order valence-electron chi connectivity index (χ2n) is 3.44. The van der Waals surface area contributed by atoms with Crippen LogP contribution in [0.3, 0.4) is 0 Å². The molecule has 0 bridgehead atoms. The number of aromatic nitrogens is 2. The van der Waals surface area contributed by atoms with E-state index in [2.05, 4.69) is 10.3 Å². The van der Waals surface area contributed by atoms with E-state index >= 15 is 0 Å². The molecule has 0 atom stereocenters. The molecule has 0 fully saturated rings. The van der Waals surface area contributed by atoms with E-state index in [-0.39, 0.29) is 0 Å². The quantitative estimate of drug-likeness (QED) is 0.912. The molecule has 0 aliphatic rings. The Morgan fingerprint density at radius 1 is 1.31 bits per heavy atom. The minimum absolute atomic E-state index is 0.548. The second kappa shape index (κ2) is 4.76. The molecular formula is C11H11Cl2N3. The maximum Gasteiger partial charge on any atom is 0.127 e. The first-order valence-electron chi connectivity index (χ1n) is 4.82. The third-order valence-electron chi connectivity index (χ3n) is 2.29. The van der Waals surface area contributed by atoms with E-state index in [0.717, 1.165) is 11.5 Å². The van der Waals surface area contributed by atoms with Gasteiger partial charge in [-0.3, -0.25) is 0 Å². The van der Waals surface area contributed by atoms with Gasteiger partial charge in [0.25, 0.3) is 0 Å². The molecule has 1 N–H and O–H groups in total. The van der Waals surface area contributed by atoms with Crippen molar-refractivity contribution in [2.45, 2.75) is 6.54 Å². The first-order valence-corrected chi connectivity index (χ1v) is 5.57. The SMILES string of the molecule is Cn1ccnc1CNc1ccc(Cl)c(Cl)c1. The van der Waals surface area contributed by atoms with Gasteiger partial charge in [0.15, 0.2) is 0 Å². The Morgan fingerprint density at radius 2 is 2.12 bits per heavy atom. The van der Waals surface area contributed by atoms with Gasteiger partial charge in [0, 0.05) is 25.1 Å². The third-order valence-corrected chi connectivity index (χ3v) is 3.03. The minimum Gasteiger partial charge on any atom is -0.378 e. The van der Waals surface area contributed by atoms with Gasteiger partial charge in [0.2, 0.25) is 0 Å². The van der Waals surface area contributed by atoms with Crippen LogP contribution in [0.5, 0.6) is 0 Å². The third kappa shape index (κ3) is 2.49. The van der Waals surface area contributed by atoms with Crippen molar-refractivity contribution in [2.75, 3.05) is 5.32 Å². The molecule has 0 unspecified atom stereocenters. The van der Waals surface area contributed by atoms with Crippen molar-refractivity contribution in [3.05, 3.63) is 46.5 Å². The van der Waals surface area contributed by atoms with E-state index in [9.17, 15) is 0 Å². The maximum atomic E-state index is 5.91. The van der Waals surface area contributed by atoms with Gasteiger partial charge in [0.1, 0.15) is 5.82 Å². The van der Waals surface area contributed by atoms with Gasteiger partial charge < -0.3 is 9.88 Å². The highest BCUT2D eigenvalue weighted by Crippen LogP contribution is 2.25. The highest BCUT2D eigenvalue weighted by Gasteiger charge is 2.01. The lowest BCUT2D eigenvalue weighted by atomic mass is 10.3. The predicted octanol–water partition coefficient (Wildman–Crippen LogP) is 3.34. The Labute approximate surface area is 104 Å². The van der Waals surface area contributed by atoms with Gasteiger partial charge in [-0.25, -0.2) is 4.98 Å². The normalized spacial score (nSPS) is 10.4. The fourth-order valence-corrected chi connectivity index (χ4v) is 1.65. The summed E-state index contributed by atoms with van der Waals surface area (Å²) in [6.45, 7) is 0.654. The van der Waals surface area contributed by atoms with E-state index in [0.29, 0.717) is 16.6 Å². The zero-order valence-electron chi connectivity index (χ0n) is 8.74. The Kier molecular flexibility index (Phi) is 3.36. The van der Waals surface area contributed by atoms with Gasteiger partial charge in [-0.2, -0.15) is 0 Å². The van der Waals surface area contributed by atoms with E-state index in [1.165, 1.54) is 0 Å². The van der Waals surface area contributed by atoms with Crippen LogP contribution in [0.2, 0.25) is 10.0 Å². The summed E-state index contributed by atoms with van der Waals surface area (Å²) in [4.78, 5) is 4.21. The van der Waals surface area contributed by atoms with Crippen LogP contribution in [-0.4, -0.2) is 9.55 Å². The molecule has 0 aliphatic heterocycles. The Bertz CT molecular complexity index is 494. The smallest absolute Gasteiger partial charge is 0.127 e. The zero-order chi connectivity index (χ0) is 11.5. The van der Waals surface area contributed by atoms with Gasteiger partial charge in [-0.05, 0) is 18.2 Å². The van der Waals surface area contributed by atoms with Crippen LogP contribution < -0.4 is 5.32 Å². The summed E-state index contributed by atoms with van der Waals surface area (Å²) >= 11 is 11.7. The van der Waals surface area contributed by atoms with Crippen LogP contribution in [0.25, 0.3) is 0 Å². The lowest BCUT2D eigenvalue weighted by molar-refractivity contribution is 0.813. The van der Waals surface area contributed by atoms with Crippen molar-refractivity contribution < 1.29 is 0 Å². The van der Waals surface area contributed by atoms with Gasteiger partial charge in [0.05, 0.1) is 16.6 Å². The van der Waals surface area contributed by atoms with Crippen molar-refractivity contribution in [2.24, 2.45) is 7.05 Å². The van der Waals surface area contributed by atoms with Crippen LogP contribution in [0.15, 0.2) is 30.6 Å². The van der Waals surface area contributed by atoms with E-state index in [1.807, 2.05) is 23.9 Å². The molecule has 0 spiro atoms. The Hall–Kier alpha value is -1.19. The van der Waals surface area contributed by atoms with Gasteiger partial charge in [-0.15, -0.1) is 0 Å². The molecule has 84 valence electrons. The lowest BCUT2D eigenvalue weighted by Crippen LogP contribution is -2.05. The molecule has 0 aliphatic carbocycles. The molecule has 1 aromatic carbocycles. The van der Waals surface area contributed by atoms with Crippen LogP contribution in [0, 0.1) is 0 Å². The first kappa shape index (κ1) is 11.3. The van der Waals surface area contributed by atoms with Crippen LogP contribution in [-0.2, 0) is 13.6 Å². The maximum absolute atomic E-state index is 5.91. The fourth-order valence-electron chi connectivity index (χ4n) is 1.35. The number of rotatable bonds is 3. The first-order chi connectivity index (χ1) is 7.66. The highest BCUT2D eigenvalue weighted by atomic mass is 35.5. The van der Waals surface area contributed by atoms with Crippen LogP contribution >= 0.6 is 23.2 Å². The Morgan fingerprint density at radius 3 is 2.75 bits per heavy atom. The molecule has 2 aromatic rings. The van der Waals surface area contributed by atoms with Crippen LogP contribution in [0.4, 0.5) is 5.69 Å². The lowest BCUT2D eigenvalue weighted by Gasteiger charge is -2.07. The van der Waals surface area contributed by atoms with Crippen molar-refractivity contribution in [1.29, 1.82) is 0 Å². The number of hydrogen-bond acceptors (Lipinski definition) is 2. The van der Waals surface area contributed by atoms with E-state index in [1.54, 1.807) is 18.3 Å². The van der Waals surface area contributed by atoms with Crippen molar-refractivity contribution >= 4 is 28.9 Å². The molecule has 1 aromatic heterocycles. The summed E-state index contributed by atoms with van der Waals surface area (Å²) in [7, 11) is 1.96. The monoisotopic (exact) mass is 255 g/mol. The number of nitrogens with one attached hydrogen (secondary N) is 1. The predicted molar refractivity (Wildman–Crippen MR) is 67.0 cm³/mol. The summed E-state index contributed by atoms with van der Waals surface area (Å²) in [5.74, 6) is 0.964. The molecule has 0 saturated heterocycles. The molecule has 1 heterocycles. The number of nitrogens with zero attached hydrogens (tertiary/aromatic N) is 2. The number of benzene rings is 1. The molecule has 3 nitrogen and oxygen atoms in total. The largest absolute Gasteiger partial charge is 0.378 e. The standard InChI is InChI=1S/C11H11Cl2N3/c1-16-5-4-14-11(16)7-15-8-2-3-9(12)10(13)6-8/h2-6,15H,7H2,1H3. The second-order valence-corrected chi connectivity index (χ2v) is 4.25. The fraction of sp³-hybridized carbons (Fsp3) is 0.182. The van der Waals surface area contributed by atoms with Crippen molar-refractivity contribution in [1.82, 2.24) is 9.55 Å². The van der Waals surface area contributed by atoms with E-state index in [4.69, 9.17) is 23.2 Å². The summed E-state index contributed by atoms with van der Waals surface area (Å²) < 4.78 is 1.96. The summed E-state index contributed by atoms with van der Waals surface area (Å²) in [5, 5.41) is 4.34. The van der Waals surface area contributed by atoms with Crippen molar-refractivity contribution in [3.8, 4) is 0 Å². The highest BCUT2D eigenvalue weighted by molar-refractivity contribution is 6.42. The van der Waals surface area contributed by atoms with Gasteiger partial charge in [-0.1, -0.05) is 23.2 Å². The number of hydrogen-bond donors (Lipinski definition) is 1. The summed E-state index contributed by atoms with van der Waals surface area (Å²) in [6, 6.07) is 5.45. The average molecular weight is 256 g/mol. The van der Waals surface area contributed by atoms with Crippen LogP contribution in [0.1, 0.15) is 5.82 Å². The summed E-state index contributed by atoms with van der Waals surface area (Å²) in [6.07, 6.45) is 3.68. The summed E-state index contributed by atoms with van der Waals surface area (Å²) in [5.41, 5.74) is 0.928. The molecule has 0 radical (unpaired) electrons. The van der Waals surface area contributed by atoms with Crippen molar-refractivity contribution in [3.63, 3.8) is 0 Å². The molecular weight excluding hydrogens is 245 g/mol. The number of halogens is 2. The number of imidazole rings is 1. The Balaban J connectivity index is 2.05. The topological polar surface area (TPSA) is 29.9 Å². The molecule has 0 saturated carbocycles. The number of aryl methyl sites for hydroxylation is 1. The van der Waals surface area contributed by atoms with E-state index < -0.39 is 0 Å². The molecule has 0 amide bonds. The molecule has 5 heteroatoms.